The molecule has 25 heavy (non-hydrogen) atoms. The first-order chi connectivity index (χ1) is 12.0. The van der Waals surface area contributed by atoms with Gasteiger partial charge in [0.15, 0.2) is 0 Å². The molecule has 1 unspecified atom stereocenters. The molecule has 1 atom stereocenters. The molecular formula is C19H20FN3O2. The Hall–Kier alpha value is -2.89. The van der Waals surface area contributed by atoms with Crippen LogP contribution < -0.4 is 10.6 Å². The van der Waals surface area contributed by atoms with Crippen molar-refractivity contribution < 1.29 is 14.0 Å². The highest BCUT2D eigenvalue weighted by atomic mass is 19.1. The van der Waals surface area contributed by atoms with E-state index in [1.54, 1.807) is 4.90 Å². The van der Waals surface area contributed by atoms with Gasteiger partial charge in [-0.3, -0.25) is 4.79 Å². The lowest BCUT2D eigenvalue weighted by Gasteiger charge is -2.24. The van der Waals surface area contributed by atoms with Crippen LogP contribution in [0.25, 0.3) is 0 Å². The van der Waals surface area contributed by atoms with Gasteiger partial charge in [0.2, 0.25) is 5.91 Å². The van der Waals surface area contributed by atoms with E-state index < -0.39 is 6.04 Å². The Balaban J connectivity index is 1.64. The molecule has 2 N–H and O–H groups in total. The maximum Gasteiger partial charge on any atom is 0.322 e. The summed E-state index contributed by atoms with van der Waals surface area (Å²) in [5.74, 6) is -0.624. The van der Waals surface area contributed by atoms with E-state index in [1.807, 2.05) is 31.2 Å². The SMILES string of the molecule is Cc1ccc(NC(=O)N2CCCC2C(=O)Nc2ccc(F)cc2)cc1. The van der Waals surface area contributed by atoms with Crippen LogP contribution in [0.3, 0.4) is 0 Å². The molecule has 6 heteroatoms. The summed E-state index contributed by atoms with van der Waals surface area (Å²) in [4.78, 5) is 26.5. The summed E-state index contributed by atoms with van der Waals surface area (Å²) in [6.07, 6.45) is 1.37. The van der Waals surface area contributed by atoms with Crippen molar-refractivity contribution in [3.05, 3.63) is 59.9 Å². The van der Waals surface area contributed by atoms with Gasteiger partial charge in [0.1, 0.15) is 11.9 Å². The summed E-state index contributed by atoms with van der Waals surface area (Å²) < 4.78 is 13.0. The molecule has 5 nitrogen and oxygen atoms in total. The Morgan fingerprint density at radius 3 is 2.28 bits per heavy atom. The minimum absolute atomic E-state index is 0.261. The molecule has 0 aliphatic carbocycles. The number of hydrogen-bond acceptors (Lipinski definition) is 2. The van der Waals surface area contributed by atoms with Crippen molar-refractivity contribution in [2.75, 3.05) is 17.2 Å². The topological polar surface area (TPSA) is 61.4 Å². The molecule has 0 saturated carbocycles. The summed E-state index contributed by atoms with van der Waals surface area (Å²) in [5.41, 5.74) is 2.31. The number of halogens is 1. The highest BCUT2D eigenvalue weighted by Crippen LogP contribution is 2.21. The van der Waals surface area contributed by atoms with Crippen molar-refractivity contribution >= 4 is 23.3 Å². The van der Waals surface area contributed by atoms with Gasteiger partial charge >= 0.3 is 6.03 Å². The summed E-state index contributed by atoms with van der Waals surface area (Å²) in [6.45, 7) is 2.50. The molecule has 0 radical (unpaired) electrons. The number of benzene rings is 2. The molecule has 1 fully saturated rings. The smallest absolute Gasteiger partial charge is 0.322 e. The number of carbonyl (C=O) groups is 2. The molecular weight excluding hydrogens is 321 g/mol. The predicted molar refractivity (Wildman–Crippen MR) is 95.0 cm³/mol. The van der Waals surface area contributed by atoms with Crippen LogP contribution in [0.15, 0.2) is 48.5 Å². The van der Waals surface area contributed by atoms with Crippen LogP contribution >= 0.6 is 0 Å². The molecule has 3 rings (SSSR count). The van der Waals surface area contributed by atoms with Crippen molar-refractivity contribution in [3.63, 3.8) is 0 Å². The normalized spacial score (nSPS) is 16.6. The van der Waals surface area contributed by atoms with Gasteiger partial charge in [-0.15, -0.1) is 0 Å². The van der Waals surface area contributed by atoms with E-state index >= 15 is 0 Å². The molecule has 1 aliphatic rings. The standard InChI is InChI=1S/C19H20FN3O2/c1-13-4-8-16(9-5-13)22-19(25)23-12-2-3-17(23)18(24)21-15-10-6-14(20)7-11-15/h4-11,17H,2-3,12H2,1H3,(H,21,24)(H,22,25). The Labute approximate surface area is 145 Å². The molecule has 1 heterocycles. The van der Waals surface area contributed by atoms with Gasteiger partial charge in [0.25, 0.3) is 0 Å². The zero-order valence-electron chi connectivity index (χ0n) is 14.0. The number of carbonyl (C=O) groups excluding carboxylic acids is 2. The number of nitrogens with zero attached hydrogens (tertiary/aromatic N) is 1. The second-order valence-electron chi connectivity index (χ2n) is 6.14. The van der Waals surface area contributed by atoms with Gasteiger partial charge in [0, 0.05) is 17.9 Å². The zero-order chi connectivity index (χ0) is 17.8. The van der Waals surface area contributed by atoms with Crippen LogP contribution in [0.4, 0.5) is 20.6 Å². The van der Waals surface area contributed by atoms with Gasteiger partial charge in [0.05, 0.1) is 0 Å². The summed E-state index contributed by atoms with van der Waals surface area (Å²) in [7, 11) is 0. The fourth-order valence-electron chi connectivity index (χ4n) is 2.87. The Bertz CT molecular complexity index is 694. The van der Waals surface area contributed by atoms with Crippen LogP contribution in [-0.2, 0) is 4.79 Å². The number of aryl methyl sites for hydroxylation is 1. The minimum atomic E-state index is -0.532. The van der Waals surface area contributed by atoms with Crippen molar-refractivity contribution in [3.8, 4) is 0 Å². The number of urea groups is 1. The maximum absolute atomic E-state index is 13.0. The first-order valence-electron chi connectivity index (χ1n) is 8.23. The van der Waals surface area contributed by atoms with Crippen LogP contribution in [0.2, 0.25) is 0 Å². The Morgan fingerprint density at radius 2 is 1.60 bits per heavy atom. The van der Waals surface area contributed by atoms with E-state index in [0.717, 1.165) is 12.0 Å². The van der Waals surface area contributed by atoms with E-state index in [2.05, 4.69) is 10.6 Å². The number of amides is 3. The zero-order valence-corrected chi connectivity index (χ0v) is 14.0. The predicted octanol–water partition coefficient (Wildman–Crippen LogP) is 3.77. The number of likely N-dealkylation sites (tertiary alicyclic amines) is 1. The lowest BCUT2D eigenvalue weighted by molar-refractivity contribution is -0.119. The largest absolute Gasteiger partial charge is 0.324 e. The third kappa shape index (κ3) is 4.15. The average molecular weight is 341 g/mol. The highest BCUT2D eigenvalue weighted by molar-refractivity contribution is 5.99. The lowest BCUT2D eigenvalue weighted by Crippen LogP contribution is -2.45. The number of nitrogens with one attached hydrogen (secondary N) is 2. The number of hydrogen-bond donors (Lipinski definition) is 2. The van der Waals surface area contributed by atoms with Crippen LogP contribution in [-0.4, -0.2) is 29.4 Å². The van der Waals surface area contributed by atoms with Gasteiger partial charge in [-0.05, 0) is 56.2 Å². The van der Waals surface area contributed by atoms with Gasteiger partial charge in [-0.1, -0.05) is 17.7 Å². The second kappa shape index (κ2) is 7.34. The summed E-state index contributed by atoms with van der Waals surface area (Å²) in [6, 6.07) is 12.2. The molecule has 0 bridgehead atoms. The second-order valence-corrected chi connectivity index (χ2v) is 6.14. The van der Waals surface area contributed by atoms with E-state index in [1.165, 1.54) is 24.3 Å². The van der Waals surface area contributed by atoms with Crippen molar-refractivity contribution in [1.29, 1.82) is 0 Å². The molecule has 130 valence electrons. The third-order valence-electron chi connectivity index (χ3n) is 4.23. The van der Waals surface area contributed by atoms with Crippen LogP contribution in [0.1, 0.15) is 18.4 Å². The van der Waals surface area contributed by atoms with E-state index in [9.17, 15) is 14.0 Å². The molecule has 3 amide bonds. The van der Waals surface area contributed by atoms with Gasteiger partial charge < -0.3 is 15.5 Å². The molecule has 1 aliphatic heterocycles. The summed E-state index contributed by atoms with van der Waals surface area (Å²) in [5, 5.41) is 5.56. The van der Waals surface area contributed by atoms with E-state index in [0.29, 0.717) is 24.3 Å². The fourth-order valence-corrected chi connectivity index (χ4v) is 2.87. The van der Waals surface area contributed by atoms with E-state index in [4.69, 9.17) is 0 Å². The van der Waals surface area contributed by atoms with Crippen molar-refractivity contribution in [2.24, 2.45) is 0 Å². The minimum Gasteiger partial charge on any atom is -0.324 e. The maximum atomic E-state index is 13.0. The average Bonchev–Trinajstić information content (AvgIpc) is 3.09. The quantitative estimate of drug-likeness (QED) is 0.893. The first kappa shape index (κ1) is 17.0. The van der Waals surface area contributed by atoms with Crippen LogP contribution in [0.5, 0.6) is 0 Å². The Morgan fingerprint density at radius 1 is 1.00 bits per heavy atom. The summed E-state index contributed by atoms with van der Waals surface area (Å²) >= 11 is 0. The molecule has 2 aromatic rings. The molecule has 0 spiro atoms. The van der Waals surface area contributed by atoms with Crippen molar-refractivity contribution in [1.82, 2.24) is 4.90 Å². The fraction of sp³-hybridized carbons (Fsp3) is 0.263. The first-order valence-corrected chi connectivity index (χ1v) is 8.23. The van der Waals surface area contributed by atoms with E-state index in [-0.39, 0.29) is 17.8 Å². The lowest BCUT2D eigenvalue weighted by atomic mass is 10.2. The van der Waals surface area contributed by atoms with Gasteiger partial charge in [-0.2, -0.15) is 0 Å². The number of rotatable bonds is 3. The monoisotopic (exact) mass is 341 g/mol. The van der Waals surface area contributed by atoms with Gasteiger partial charge in [-0.25, -0.2) is 9.18 Å². The molecule has 0 aromatic heterocycles. The molecule has 2 aromatic carbocycles. The van der Waals surface area contributed by atoms with Crippen LogP contribution in [0, 0.1) is 12.7 Å². The van der Waals surface area contributed by atoms with Crippen molar-refractivity contribution in [2.45, 2.75) is 25.8 Å². The number of anilines is 2. The Kier molecular flexibility index (Phi) is 4.97. The highest BCUT2D eigenvalue weighted by Gasteiger charge is 2.34. The third-order valence-corrected chi connectivity index (χ3v) is 4.23. The molecule has 1 saturated heterocycles.